The van der Waals surface area contributed by atoms with E-state index in [1.807, 2.05) is 29.6 Å². The molecule has 0 radical (unpaired) electrons. The number of rotatable bonds is 6. The Labute approximate surface area is 108 Å². The minimum Gasteiger partial charge on any atom is -0.353 e. The molecule has 18 heavy (non-hydrogen) atoms. The molecule has 0 aliphatic rings. The van der Waals surface area contributed by atoms with E-state index in [1.54, 1.807) is 0 Å². The predicted molar refractivity (Wildman–Crippen MR) is 74.9 cm³/mol. The number of aryl methyl sites for hydroxylation is 1. The summed E-state index contributed by atoms with van der Waals surface area (Å²) in [5.41, 5.74) is 2.01. The number of anilines is 1. The summed E-state index contributed by atoms with van der Waals surface area (Å²) in [6.07, 6.45) is 3.73. The third-order valence-corrected chi connectivity index (χ3v) is 3.04. The zero-order valence-corrected chi connectivity index (χ0v) is 11.5. The predicted octanol–water partition coefficient (Wildman–Crippen LogP) is 3.28. The summed E-state index contributed by atoms with van der Waals surface area (Å²) < 4.78 is 1.87. The molecule has 2 aromatic rings. The lowest BCUT2D eigenvalue weighted by atomic mass is 10.1. The van der Waals surface area contributed by atoms with E-state index in [-0.39, 0.29) is 0 Å². The van der Waals surface area contributed by atoms with Gasteiger partial charge in [0.15, 0.2) is 5.65 Å². The lowest BCUT2D eigenvalue weighted by Crippen LogP contribution is -2.04. The first-order valence-corrected chi connectivity index (χ1v) is 6.73. The Hall–Kier alpha value is -1.58. The van der Waals surface area contributed by atoms with Gasteiger partial charge >= 0.3 is 0 Å². The van der Waals surface area contributed by atoms with Gasteiger partial charge in [0.1, 0.15) is 0 Å². The van der Waals surface area contributed by atoms with Crippen LogP contribution in [0.2, 0.25) is 0 Å². The second kappa shape index (κ2) is 5.85. The Balaban J connectivity index is 1.87. The molecule has 98 valence electrons. The van der Waals surface area contributed by atoms with E-state index in [1.165, 1.54) is 19.3 Å². The molecule has 2 aromatic heterocycles. The van der Waals surface area contributed by atoms with Crippen LogP contribution < -0.4 is 5.32 Å². The molecule has 0 unspecified atom stereocenters. The van der Waals surface area contributed by atoms with E-state index in [2.05, 4.69) is 29.2 Å². The topological polar surface area (TPSA) is 42.2 Å². The van der Waals surface area contributed by atoms with Crippen LogP contribution in [-0.4, -0.2) is 21.1 Å². The average molecular weight is 246 g/mol. The van der Waals surface area contributed by atoms with Crippen molar-refractivity contribution in [3.8, 4) is 0 Å². The summed E-state index contributed by atoms with van der Waals surface area (Å²) in [5, 5.41) is 7.73. The van der Waals surface area contributed by atoms with E-state index >= 15 is 0 Å². The van der Waals surface area contributed by atoms with E-state index in [0.717, 1.165) is 29.8 Å². The normalized spacial score (nSPS) is 11.3. The summed E-state index contributed by atoms with van der Waals surface area (Å²) in [6, 6.07) is 6.02. The van der Waals surface area contributed by atoms with E-state index in [0.29, 0.717) is 0 Å². The molecular weight excluding hydrogens is 224 g/mol. The molecule has 4 nitrogen and oxygen atoms in total. The fraction of sp³-hybridized carbons (Fsp3) is 0.571. The van der Waals surface area contributed by atoms with Crippen LogP contribution in [0.5, 0.6) is 0 Å². The van der Waals surface area contributed by atoms with Crippen molar-refractivity contribution in [2.24, 2.45) is 5.92 Å². The maximum atomic E-state index is 4.45. The highest BCUT2D eigenvalue weighted by atomic mass is 15.3. The van der Waals surface area contributed by atoms with Gasteiger partial charge in [0.25, 0.3) is 0 Å². The molecule has 0 atom stereocenters. The lowest BCUT2D eigenvalue weighted by Gasteiger charge is -2.04. The number of unbranched alkanes of at least 4 members (excludes halogenated alkanes) is 1. The first kappa shape index (κ1) is 12.9. The second-order valence-corrected chi connectivity index (χ2v) is 5.19. The Morgan fingerprint density at radius 3 is 2.83 bits per heavy atom. The monoisotopic (exact) mass is 246 g/mol. The Morgan fingerprint density at radius 2 is 2.11 bits per heavy atom. The molecular formula is C14H22N4. The zero-order chi connectivity index (χ0) is 13.0. The third kappa shape index (κ3) is 3.22. The van der Waals surface area contributed by atoms with Crippen LogP contribution >= 0.6 is 0 Å². The van der Waals surface area contributed by atoms with Crippen LogP contribution in [0.15, 0.2) is 18.2 Å². The van der Waals surface area contributed by atoms with Crippen molar-refractivity contribution in [1.29, 1.82) is 0 Å². The van der Waals surface area contributed by atoms with Crippen LogP contribution in [0.4, 0.5) is 5.95 Å². The second-order valence-electron chi connectivity index (χ2n) is 5.19. The minimum atomic E-state index is 0.730. The Morgan fingerprint density at radius 1 is 1.28 bits per heavy atom. The van der Waals surface area contributed by atoms with Crippen LogP contribution in [0, 0.1) is 12.8 Å². The Bertz CT molecular complexity index is 501. The van der Waals surface area contributed by atoms with Crippen molar-refractivity contribution in [3.63, 3.8) is 0 Å². The third-order valence-electron chi connectivity index (χ3n) is 3.04. The van der Waals surface area contributed by atoms with Crippen molar-refractivity contribution in [1.82, 2.24) is 14.6 Å². The highest BCUT2D eigenvalue weighted by Gasteiger charge is 2.03. The number of hydrogen-bond donors (Lipinski definition) is 1. The van der Waals surface area contributed by atoms with Gasteiger partial charge in [-0.2, -0.15) is 4.98 Å². The highest BCUT2D eigenvalue weighted by molar-refractivity contribution is 5.44. The number of aromatic nitrogens is 3. The molecule has 0 aliphatic heterocycles. The number of hydrogen-bond acceptors (Lipinski definition) is 3. The van der Waals surface area contributed by atoms with Gasteiger partial charge in [-0.3, -0.25) is 0 Å². The number of nitrogens with zero attached hydrogens (tertiary/aromatic N) is 3. The summed E-state index contributed by atoms with van der Waals surface area (Å²) in [4.78, 5) is 4.45. The summed E-state index contributed by atoms with van der Waals surface area (Å²) in [6.45, 7) is 7.51. The molecule has 0 spiro atoms. The summed E-state index contributed by atoms with van der Waals surface area (Å²) in [7, 11) is 0. The van der Waals surface area contributed by atoms with E-state index in [9.17, 15) is 0 Å². The lowest BCUT2D eigenvalue weighted by molar-refractivity contribution is 0.544. The van der Waals surface area contributed by atoms with Crippen LogP contribution in [0.3, 0.4) is 0 Å². The zero-order valence-electron chi connectivity index (χ0n) is 11.5. The Kier molecular flexibility index (Phi) is 4.18. The van der Waals surface area contributed by atoms with Gasteiger partial charge in [-0.1, -0.05) is 32.8 Å². The van der Waals surface area contributed by atoms with Gasteiger partial charge in [0.2, 0.25) is 5.95 Å². The first-order chi connectivity index (χ1) is 8.66. The van der Waals surface area contributed by atoms with Gasteiger partial charge in [0, 0.05) is 12.2 Å². The molecule has 0 aromatic carbocycles. The first-order valence-electron chi connectivity index (χ1n) is 6.73. The van der Waals surface area contributed by atoms with E-state index < -0.39 is 0 Å². The summed E-state index contributed by atoms with van der Waals surface area (Å²) >= 11 is 0. The van der Waals surface area contributed by atoms with Gasteiger partial charge in [-0.15, -0.1) is 5.10 Å². The molecule has 0 saturated heterocycles. The average Bonchev–Trinajstić information content (AvgIpc) is 2.72. The molecule has 0 fully saturated rings. The van der Waals surface area contributed by atoms with E-state index in [4.69, 9.17) is 0 Å². The standard InChI is InChI=1S/C14H22N4/c1-11(2)7-4-5-10-15-14-16-13-9-6-8-12(3)18(13)17-14/h6,8-9,11H,4-5,7,10H2,1-3H3,(H,15,17). The number of nitrogens with one attached hydrogen (secondary N) is 1. The maximum Gasteiger partial charge on any atom is 0.243 e. The molecule has 0 bridgehead atoms. The molecule has 0 saturated carbocycles. The van der Waals surface area contributed by atoms with Crippen molar-refractivity contribution in [2.45, 2.75) is 40.0 Å². The van der Waals surface area contributed by atoms with Crippen molar-refractivity contribution in [3.05, 3.63) is 23.9 Å². The molecule has 0 aliphatic carbocycles. The van der Waals surface area contributed by atoms with Crippen LogP contribution in [-0.2, 0) is 0 Å². The number of pyridine rings is 1. The van der Waals surface area contributed by atoms with Crippen molar-refractivity contribution < 1.29 is 0 Å². The van der Waals surface area contributed by atoms with Crippen molar-refractivity contribution >= 4 is 11.6 Å². The SMILES string of the molecule is Cc1cccc2nc(NCCCCC(C)C)nn12. The van der Waals surface area contributed by atoms with Crippen LogP contribution in [0.1, 0.15) is 38.8 Å². The largest absolute Gasteiger partial charge is 0.353 e. The minimum absolute atomic E-state index is 0.730. The fourth-order valence-corrected chi connectivity index (χ4v) is 1.99. The molecule has 0 amide bonds. The highest BCUT2D eigenvalue weighted by Crippen LogP contribution is 2.09. The maximum absolute atomic E-state index is 4.45. The van der Waals surface area contributed by atoms with Gasteiger partial charge in [-0.05, 0) is 31.4 Å². The molecule has 1 N–H and O–H groups in total. The fourth-order valence-electron chi connectivity index (χ4n) is 1.99. The van der Waals surface area contributed by atoms with Gasteiger partial charge in [0.05, 0.1) is 0 Å². The van der Waals surface area contributed by atoms with Crippen molar-refractivity contribution in [2.75, 3.05) is 11.9 Å². The van der Waals surface area contributed by atoms with Gasteiger partial charge in [-0.25, -0.2) is 4.52 Å². The smallest absolute Gasteiger partial charge is 0.243 e. The molecule has 2 heterocycles. The molecule has 4 heteroatoms. The molecule has 2 rings (SSSR count). The van der Waals surface area contributed by atoms with Gasteiger partial charge < -0.3 is 5.32 Å². The number of fused-ring (bicyclic) bond motifs is 1. The summed E-state index contributed by atoms with van der Waals surface area (Å²) in [5.74, 6) is 1.52. The van der Waals surface area contributed by atoms with Crippen LogP contribution in [0.25, 0.3) is 5.65 Å². The quantitative estimate of drug-likeness (QED) is 0.795.